The number of nitrogens with one attached hydrogen (secondary N) is 1. The third-order valence-electron chi connectivity index (χ3n) is 3.88. The van der Waals surface area contributed by atoms with Gasteiger partial charge >= 0.3 is 6.18 Å². The van der Waals surface area contributed by atoms with Gasteiger partial charge in [0.25, 0.3) is 0 Å². The van der Waals surface area contributed by atoms with Crippen molar-refractivity contribution in [2.45, 2.75) is 23.5 Å². The molecule has 0 radical (unpaired) electrons. The fourth-order valence-corrected chi connectivity index (χ4v) is 4.40. The third-order valence-corrected chi connectivity index (χ3v) is 5.70. The summed E-state index contributed by atoms with van der Waals surface area (Å²) < 4.78 is 65.8. The first-order chi connectivity index (χ1) is 11.7. The lowest BCUT2D eigenvalue weighted by Gasteiger charge is -2.27. The molecule has 0 bridgehead atoms. The number of hydrogen-bond acceptors (Lipinski definition) is 4. The largest absolute Gasteiger partial charge is 0.484 e. The molecule has 0 spiro atoms. The Kier molecular flexibility index (Phi) is 4.64. The minimum absolute atomic E-state index is 0.0198. The lowest BCUT2D eigenvalue weighted by molar-refractivity contribution is -0.153. The molecule has 0 aliphatic carbocycles. The molecule has 8 heteroatoms. The molecule has 1 aliphatic heterocycles. The van der Waals surface area contributed by atoms with Crippen LogP contribution in [0.3, 0.4) is 0 Å². The molecule has 1 unspecified atom stereocenters. The van der Waals surface area contributed by atoms with Crippen LogP contribution in [0.5, 0.6) is 5.75 Å². The van der Waals surface area contributed by atoms with Crippen LogP contribution in [0.4, 0.5) is 18.9 Å². The number of hydrogen-bond donors (Lipinski definition) is 1. The van der Waals surface area contributed by atoms with Gasteiger partial charge in [0.15, 0.2) is 16.4 Å². The van der Waals surface area contributed by atoms with E-state index in [0.29, 0.717) is 22.6 Å². The van der Waals surface area contributed by atoms with Crippen molar-refractivity contribution >= 4 is 15.5 Å². The Hall–Kier alpha value is -2.22. The highest BCUT2D eigenvalue weighted by molar-refractivity contribution is 7.91. The third kappa shape index (κ3) is 4.25. The first-order valence-corrected chi connectivity index (χ1v) is 9.28. The second kappa shape index (κ2) is 6.59. The van der Waals surface area contributed by atoms with E-state index < -0.39 is 22.6 Å². The minimum atomic E-state index is -4.40. The second-order valence-corrected chi connectivity index (χ2v) is 7.85. The quantitative estimate of drug-likeness (QED) is 0.884. The average molecular weight is 371 g/mol. The Balaban J connectivity index is 1.79. The summed E-state index contributed by atoms with van der Waals surface area (Å²) in [6, 6.07) is 12.7. The maximum atomic E-state index is 12.3. The van der Waals surface area contributed by atoms with E-state index in [1.54, 1.807) is 36.4 Å². The van der Waals surface area contributed by atoms with E-state index in [1.165, 1.54) is 12.1 Å². The van der Waals surface area contributed by atoms with Crippen LogP contribution in [0.15, 0.2) is 53.4 Å². The zero-order valence-corrected chi connectivity index (χ0v) is 13.9. The van der Waals surface area contributed by atoms with E-state index in [1.807, 2.05) is 0 Å². The molecule has 0 fully saturated rings. The van der Waals surface area contributed by atoms with Gasteiger partial charge in [-0.25, -0.2) is 8.42 Å². The number of alkyl halides is 3. The van der Waals surface area contributed by atoms with Crippen LogP contribution in [0, 0.1) is 0 Å². The summed E-state index contributed by atoms with van der Waals surface area (Å²) in [5.74, 6) is 0.116. The van der Waals surface area contributed by atoms with Crippen LogP contribution in [0.1, 0.15) is 18.0 Å². The highest BCUT2D eigenvalue weighted by Gasteiger charge is 2.30. The van der Waals surface area contributed by atoms with Crippen LogP contribution in [0.25, 0.3) is 0 Å². The van der Waals surface area contributed by atoms with Crippen LogP contribution in [-0.4, -0.2) is 27.0 Å². The monoisotopic (exact) mass is 371 g/mol. The lowest BCUT2D eigenvalue weighted by Crippen LogP contribution is -2.24. The highest BCUT2D eigenvalue weighted by atomic mass is 32.2. The van der Waals surface area contributed by atoms with Gasteiger partial charge < -0.3 is 10.1 Å². The molecule has 1 heterocycles. The van der Waals surface area contributed by atoms with E-state index in [0.717, 1.165) is 0 Å². The minimum Gasteiger partial charge on any atom is -0.484 e. The number of ether oxygens (including phenoxy) is 1. The maximum Gasteiger partial charge on any atom is 0.422 e. The summed E-state index contributed by atoms with van der Waals surface area (Å²) >= 11 is 0. The number of benzene rings is 2. The van der Waals surface area contributed by atoms with Crippen molar-refractivity contribution in [1.82, 2.24) is 0 Å². The molecule has 4 nitrogen and oxygen atoms in total. The predicted octanol–water partition coefficient (Wildman–Crippen LogP) is 3.96. The molecule has 3 rings (SSSR count). The van der Waals surface area contributed by atoms with Crippen LogP contribution < -0.4 is 10.1 Å². The predicted molar refractivity (Wildman–Crippen MR) is 87.5 cm³/mol. The summed E-state index contributed by atoms with van der Waals surface area (Å²) in [5, 5.41) is 3.19. The molecule has 0 aromatic heterocycles. The number of sulfone groups is 1. The molecule has 0 saturated carbocycles. The summed E-state index contributed by atoms with van der Waals surface area (Å²) in [7, 11) is -3.29. The Morgan fingerprint density at radius 2 is 1.88 bits per heavy atom. The van der Waals surface area contributed by atoms with Gasteiger partial charge in [-0.05, 0) is 30.2 Å². The molecule has 2 aromatic rings. The van der Waals surface area contributed by atoms with Crippen molar-refractivity contribution in [2.75, 3.05) is 17.7 Å². The normalized spacial score (nSPS) is 19.1. The number of anilines is 1. The van der Waals surface area contributed by atoms with Gasteiger partial charge in [0.2, 0.25) is 0 Å². The number of halogens is 3. The number of rotatable bonds is 4. The topological polar surface area (TPSA) is 55.4 Å². The van der Waals surface area contributed by atoms with Gasteiger partial charge in [-0.3, -0.25) is 0 Å². The van der Waals surface area contributed by atoms with Gasteiger partial charge in [0.1, 0.15) is 5.75 Å². The van der Waals surface area contributed by atoms with Crippen LogP contribution in [0.2, 0.25) is 0 Å². The summed E-state index contributed by atoms with van der Waals surface area (Å²) in [4.78, 5) is 0.295. The van der Waals surface area contributed by atoms with Crippen molar-refractivity contribution in [3.8, 4) is 5.75 Å². The Morgan fingerprint density at radius 1 is 1.12 bits per heavy atom. The second-order valence-electron chi connectivity index (χ2n) is 5.77. The van der Waals surface area contributed by atoms with Gasteiger partial charge in [-0.2, -0.15) is 13.2 Å². The maximum absolute atomic E-state index is 12.3. The average Bonchev–Trinajstić information content (AvgIpc) is 2.56. The zero-order valence-electron chi connectivity index (χ0n) is 13.1. The molecule has 1 atom stereocenters. The van der Waals surface area contributed by atoms with Crippen LogP contribution >= 0.6 is 0 Å². The molecular formula is C17H16F3NO3S. The fraction of sp³-hybridized carbons (Fsp3) is 0.294. The summed E-state index contributed by atoms with van der Waals surface area (Å²) in [6.07, 6.45) is -4.02. The first-order valence-electron chi connectivity index (χ1n) is 7.62. The Labute approximate surface area is 143 Å². The van der Waals surface area contributed by atoms with E-state index in [2.05, 4.69) is 5.32 Å². The van der Waals surface area contributed by atoms with Gasteiger partial charge in [0.05, 0.1) is 16.7 Å². The van der Waals surface area contributed by atoms with Crippen LogP contribution in [-0.2, 0) is 9.84 Å². The molecule has 1 N–H and O–H groups in total. The van der Waals surface area contributed by atoms with Crippen molar-refractivity contribution in [3.63, 3.8) is 0 Å². The molecule has 134 valence electrons. The fourth-order valence-electron chi connectivity index (χ4n) is 2.78. The standard InChI is InChI=1S/C17H16F3NO3S/c18-17(19,20)11-24-13-5-3-4-12(10-13)21-15-8-9-25(22,23)16-7-2-1-6-14(15)16/h1-7,10,15,21H,8-9,11H2. The van der Waals surface area contributed by atoms with Crippen molar-refractivity contribution in [1.29, 1.82) is 0 Å². The molecule has 1 aliphatic rings. The van der Waals surface area contributed by atoms with Gasteiger partial charge in [-0.1, -0.05) is 24.3 Å². The van der Waals surface area contributed by atoms with Crippen molar-refractivity contribution < 1.29 is 26.3 Å². The molecular weight excluding hydrogens is 355 g/mol. The van der Waals surface area contributed by atoms with Gasteiger partial charge in [-0.15, -0.1) is 0 Å². The summed E-state index contributed by atoms with van der Waals surface area (Å²) in [6.45, 7) is -1.36. The highest BCUT2D eigenvalue weighted by Crippen LogP contribution is 2.34. The van der Waals surface area contributed by atoms with E-state index in [-0.39, 0.29) is 17.5 Å². The van der Waals surface area contributed by atoms with Crippen molar-refractivity contribution in [2.24, 2.45) is 0 Å². The molecule has 0 amide bonds. The Bertz CT molecular complexity index is 865. The molecule has 0 saturated heterocycles. The smallest absolute Gasteiger partial charge is 0.422 e. The SMILES string of the molecule is O=S1(=O)CCC(Nc2cccc(OCC(F)(F)F)c2)c2ccccc21. The molecule has 2 aromatic carbocycles. The summed E-state index contributed by atoms with van der Waals surface area (Å²) in [5.41, 5.74) is 1.23. The lowest BCUT2D eigenvalue weighted by atomic mass is 10.0. The zero-order chi connectivity index (χ0) is 18.1. The van der Waals surface area contributed by atoms with Crippen molar-refractivity contribution in [3.05, 3.63) is 54.1 Å². The van der Waals surface area contributed by atoms with E-state index in [4.69, 9.17) is 4.74 Å². The van der Waals surface area contributed by atoms with Gasteiger partial charge in [0, 0.05) is 11.8 Å². The molecule has 25 heavy (non-hydrogen) atoms. The Morgan fingerprint density at radius 3 is 2.64 bits per heavy atom. The first kappa shape index (κ1) is 17.6. The van der Waals surface area contributed by atoms with E-state index >= 15 is 0 Å². The number of fused-ring (bicyclic) bond motifs is 1. The van der Waals surface area contributed by atoms with E-state index in [9.17, 15) is 21.6 Å².